The lowest BCUT2D eigenvalue weighted by molar-refractivity contribution is -0.140. The largest absolute Gasteiger partial charge is 0.355 e. The molecule has 1 atom stereocenters. The predicted molar refractivity (Wildman–Crippen MR) is 165 cm³/mol. The summed E-state index contributed by atoms with van der Waals surface area (Å²) in [6.45, 7) is 1.52. The monoisotopic (exact) mass is 651 g/mol. The van der Waals surface area contributed by atoms with Gasteiger partial charge in [-0.2, -0.15) is 0 Å². The van der Waals surface area contributed by atoms with Crippen LogP contribution in [0.3, 0.4) is 0 Å². The summed E-state index contributed by atoms with van der Waals surface area (Å²) in [5.41, 5.74) is 1.69. The molecule has 0 aliphatic rings. The van der Waals surface area contributed by atoms with E-state index < -0.39 is 34.3 Å². The Kier molecular flexibility index (Phi) is 10.5. The van der Waals surface area contributed by atoms with E-state index in [1.807, 2.05) is 30.3 Å². The number of rotatable bonds is 12. The summed E-state index contributed by atoms with van der Waals surface area (Å²) in [7, 11) is -4.18. The molecule has 4 aromatic rings. The molecule has 0 bridgehead atoms. The van der Waals surface area contributed by atoms with Crippen LogP contribution < -0.4 is 9.62 Å². The highest BCUT2D eigenvalue weighted by Gasteiger charge is 2.34. The molecular formula is C32H31BrFN3O4S. The van der Waals surface area contributed by atoms with Gasteiger partial charge in [-0.25, -0.2) is 12.8 Å². The molecule has 0 spiro atoms. The first kappa shape index (κ1) is 30.9. The Morgan fingerprint density at radius 3 is 2.12 bits per heavy atom. The molecule has 1 N–H and O–H groups in total. The fourth-order valence-electron chi connectivity index (χ4n) is 4.51. The van der Waals surface area contributed by atoms with Crippen LogP contribution in [0.4, 0.5) is 10.1 Å². The van der Waals surface area contributed by atoms with E-state index in [1.54, 1.807) is 61.5 Å². The van der Waals surface area contributed by atoms with Crippen LogP contribution in [-0.2, 0) is 32.6 Å². The van der Waals surface area contributed by atoms with Crippen molar-refractivity contribution in [2.75, 3.05) is 17.4 Å². The van der Waals surface area contributed by atoms with E-state index in [-0.39, 0.29) is 29.5 Å². The van der Waals surface area contributed by atoms with Gasteiger partial charge >= 0.3 is 0 Å². The zero-order valence-corrected chi connectivity index (χ0v) is 25.4. The Hall–Kier alpha value is -4.02. The van der Waals surface area contributed by atoms with Gasteiger partial charge in [-0.3, -0.25) is 13.9 Å². The second kappa shape index (κ2) is 14.2. The van der Waals surface area contributed by atoms with Crippen molar-refractivity contribution >= 4 is 43.5 Å². The van der Waals surface area contributed by atoms with Crippen molar-refractivity contribution in [1.82, 2.24) is 10.2 Å². The van der Waals surface area contributed by atoms with Crippen molar-refractivity contribution in [3.63, 3.8) is 0 Å². The summed E-state index contributed by atoms with van der Waals surface area (Å²) < 4.78 is 43.2. The molecule has 0 saturated carbocycles. The fourth-order valence-corrected chi connectivity index (χ4v) is 6.33. The van der Waals surface area contributed by atoms with Crippen molar-refractivity contribution in [3.05, 3.63) is 131 Å². The smallest absolute Gasteiger partial charge is 0.264 e. The molecule has 0 radical (unpaired) electrons. The maximum Gasteiger partial charge on any atom is 0.264 e. The highest BCUT2D eigenvalue weighted by Crippen LogP contribution is 2.27. The second-order valence-electron chi connectivity index (χ2n) is 9.55. The molecule has 0 heterocycles. The molecule has 0 aromatic heterocycles. The van der Waals surface area contributed by atoms with Gasteiger partial charge in [-0.05, 0) is 60.5 Å². The number of benzene rings is 4. The van der Waals surface area contributed by atoms with E-state index in [0.717, 1.165) is 9.87 Å². The molecule has 0 saturated heterocycles. The van der Waals surface area contributed by atoms with Gasteiger partial charge < -0.3 is 10.2 Å². The molecule has 10 heteroatoms. The van der Waals surface area contributed by atoms with Crippen LogP contribution in [0.25, 0.3) is 0 Å². The number of amides is 2. The third kappa shape index (κ3) is 7.83. The second-order valence-corrected chi connectivity index (χ2v) is 12.3. The fraction of sp³-hybridized carbons (Fsp3) is 0.188. The van der Waals surface area contributed by atoms with Gasteiger partial charge in [0.2, 0.25) is 11.8 Å². The third-order valence-corrected chi connectivity index (χ3v) is 8.88. The molecule has 0 aliphatic heterocycles. The molecule has 1 unspecified atom stereocenters. The first-order valence-corrected chi connectivity index (χ1v) is 15.6. The number of anilines is 1. The molecule has 4 rings (SSSR count). The number of sulfonamides is 1. The van der Waals surface area contributed by atoms with Gasteiger partial charge in [0.1, 0.15) is 18.4 Å². The molecule has 2 amide bonds. The summed E-state index contributed by atoms with van der Waals surface area (Å²) in [6, 6.07) is 28.5. The Labute approximate surface area is 254 Å². The SMILES string of the molecule is CCNC(=O)C(Cc1ccccc1)N(Cc1ccc(F)cc1)C(=O)CN(c1cccc(Br)c1)S(=O)(=O)c1ccccc1. The van der Waals surface area contributed by atoms with Crippen molar-refractivity contribution in [1.29, 1.82) is 0 Å². The van der Waals surface area contributed by atoms with Crippen molar-refractivity contribution < 1.29 is 22.4 Å². The van der Waals surface area contributed by atoms with Gasteiger partial charge in [0, 0.05) is 24.0 Å². The molecule has 0 fully saturated rings. The molecule has 7 nitrogen and oxygen atoms in total. The van der Waals surface area contributed by atoms with E-state index >= 15 is 0 Å². The summed E-state index contributed by atoms with van der Waals surface area (Å²) in [5, 5.41) is 2.81. The van der Waals surface area contributed by atoms with Crippen molar-refractivity contribution in [2.24, 2.45) is 0 Å². The van der Waals surface area contributed by atoms with Gasteiger partial charge in [0.15, 0.2) is 0 Å². The summed E-state index contributed by atoms with van der Waals surface area (Å²) in [5.74, 6) is -1.40. The Morgan fingerprint density at radius 1 is 0.857 bits per heavy atom. The molecule has 218 valence electrons. The molecule has 4 aromatic carbocycles. The number of nitrogens with one attached hydrogen (secondary N) is 1. The van der Waals surface area contributed by atoms with Crippen LogP contribution >= 0.6 is 15.9 Å². The summed E-state index contributed by atoms with van der Waals surface area (Å²) >= 11 is 3.39. The quantitative estimate of drug-likeness (QED) is 0.217. The van der Waals surface area contributed by atoms with E-state index in [0.29, 0.717) is 16.6 Å². The normalized spacial score (nSPS) is 11.9. The van der Waals surface area contributed by atoms with Gasteiger partial charge in [0.25, 0.3) is 10.0 Å². The zero-order chi connectivity index (χ0) is 30.1. The van der Waals surface area contributed by atoms with Gasteiger partial charge in [0.05, 0.1) is 10.6 Å². The van der Waals surface area contributed by atoms with E-state index in [9.17, 15) is 22.4 Å². The number of nitrogens with zero attached hydrogens (tertiary/aromatic N) is 2. The van der Waals surface area contributed by atoms with E-state index in [1.165, 1.54) is 29.2 Å². The van der Waals surface area contributed by atoms with Crippen molar-refractivity contribution in [2.45, 2.75) is 30.8 Å². The lowest BCUT2D eigenvalue weighted by Crippen LogP contribution is -2.53. The number of hydrogen-bond acceptors (Lipinski definition) is 4. The van der Waals surface area contributed by atoms with Crippen LogP contribution in [0.1, 0.15) is 18.1 Å². The lowest BCUT2D eigenvalue weighted by Gasteiger charge is -2.33. The Balaban J connectivity index is 1.78. The van der Waals surface area contributed by atoms with Crippen molar-refractivity contribution in [3.8, 4) is 0 Å². The topological polar surface area (TPSA) is 86.8 Å². The maximum absolute atomic E-state index is 14.3. The molecule has 42 heavy (non-hydrogen) atoms. The Morgan fingerprint density at radius 2 is 1.50 bits per heavy atom. The third-order valence-electron chi connectivity index (χ3n) is 6.59. The summed E-state index contributed by atoms with van der Waals surface area (Å²) in [6.07, 6.45) is 0.196. The lowest BCUT2D eigenvalue weighted by atomic mass is 10.0. The molecule has 0 aliphatic carbocycles. The van der Waals surface area contributed by atoms with E-state index in [2.05, 4.69) is 21.2 Å². The number of hydrogen-bond donors (Lipinski definition) is 1. The number of likely N-dealkylation sites (N-methyl/N-ethyl adjacent to an activating group) is 1. The van der Waals surface area contributed by atoms with Crippen LogP contribution in [0, 0.1) is 5.82 Å². The van der Waals surface area contributed by atoms with Crippen LogP contribution in [0.5, 0.6) is 0 Å². The average molecular weight is 653 g/mol. The van der Waals surface area contributed by atoms with Crippen LogP contribution in [0.2, 0.25) is 0 Å². The number of halogens is 2. The van der Waals surface area contributed by atoms with Gasteiger partial charge in [-0.15, -0.1) is 0 Å². The Bertz CT molecular complexity index is 1600. The minimum atomic E-state index is -4.18. The van der Waals surface area contributed by atoms with Crippen LogP contribution in [-0.4, -0.2) is 44.3 Å². The van der Waals surface area contributed by atoms with Crippen LogP contribution in [0.15, 0.2) is 119 Å². The highest BCUT2D eigenvalue weighted by molar-refractivity contribution is 9.10. The maximum atomic E-state index is 14.3. The first-order chi connectivity index (χ1) is 20.2. The summed E-state index contributed by atoms with van der Waals surface area (Å²) in [4.78, 5) is 29.1. The van der Waals surface area contributed by atoms with E-state index in [4.69, 9.17) is 0 Å². The highest BCUT2D eigenvalue weighted by atomic mass is 79.9. The minimum Gasteiger partial charge on any atom is -0.355 e. The molecular weight excluding hydrogens is 621 g/mol. The zero-order valence-electron chi connectivity index (χ0n) is 23.0. The predicted octanol–water partition coefficient (Wildman–Crippen LogP) is 5.56. The van der Waals surface area contributed by atoms with Gasteiger partial charge in [-0.1, -0.05) is 82.7 Å². The standard InChI is InChI=1S/C32H31BrFN3O4S/c1-2-35-32(39)30(20-24-10-5-3-6-11-24)36(22-25-16-18-27(34)19-17-25)31(38)23-37(28-13-9-12-26(33)21-28)42(40,41)29-14-7-4-8-15-29/h3-19,21,30H,2,20,22-23H2,1H3,(H,35,39). The average Bonchev–Trinajstić information content (AvgIpc) is 2.99. The number of carbonyl (C=O) groups excluding carboxylic acids is 2. The first-order valence-electron chi connectivity index (χ1n) is 13.4. The number of carbonyl (C=O) groups is 2. The minimum absolute atomic E-state index is 0.0208.